The van der Waals surface area contributed by atoms with Crippen LogP contribution in [0, 0.1) is 0 Å². The minimum absolute atomic E-state index is 0.262. The quantitative estimate of drug-likeness (QED) is 0.0818. The molecule has 0 aromatic heterocycles. The van der Waals surface area contributed by atoms with Gasteiger partial charge in [-0.05, 0) is 12.8 Å². The summed E-state index contributed by atoms with van der Waals surface area (Å²) in [5.41, 5.74) is 0. The highest BCUT2D eigenvalue weighted by atomic mass is 16.7. The van der Waals surface area contributed by atoms with Gasteiger partial charge in [0.1, 0.15) is 36.6 Å². The zero-order chi connectivity index (χ0) is 29.9. The van der Waals surface area contributed by atoms with Crippen molar-refractivity contribution in [2.75, 3.05) is 13.2 Å². The summed E-state index contributed by atoms with van der Waals surface area (Å²) in [5, 5.41) is 73.9. The standard InChI is InChI=1S/C29H57NO10/c1-3-5-7-8-9-10-11-12-13-15-17-22(33)28(38)30-20(24(34)21(32)16-14-6-4-2)19-39-29-27(37)26(36)25(35)23(18-31)40-29/h20-27,29,31-37H,3-19H2,1-2H3,(H,30,38). The van der Waals surface area contributed by atoms with Crippen molar-refractivity contribution >= 4 is 5.91 Å². The second-order valence-corrected chi connectivity index (χ2v) is 11.2. The molecule has 1 rings (SSSR count). The first-order valence-corrected chi connectivity index (χ1v) is 15.4. The largest absolute Gasteiger partial charge is 0.394 e. The maximum Gasteiger partial charge on any atom is 0.249 e. The number of rotatable bonds is 23. The van der Waals surface area contributed by atoms with Crippen LogP contribution < -0.4 is 5.32 Å². The molecule has 0 aromatic rings. The lowest BCUT2D eigenvalue weighted by Crippen LogP contribution is -2.60. The number of carbonyl (C=O) groups excluding carboxylic acids is 1. The molecular formula is C29H57NO10. The Kier molecular flexibility index (Phi) is 20.2. The fourth-order valence-electron chi connectivity index (χ4n) is 4.91. The number of unbranched alkanes of at least 4 members (excludes halogenated alkanes) is 11. The third-order valence-corrected chi connectivity index (χ3v) is 7.66. The van der Waals surface area contributed by atoms with E-state index in [2.05, 4.69) is 12.2 Å². The van der Waals surface area contributed by atoms with Crippen LogP contribution in [0.2, 0.25) is 0 Å². The van der Waals surface area contributed by atoms with E-state index in [1.807, 2.05) is 6.92 Å². The molecule has 1 saturated heterocycles. The van der Waals surface area contributed by atoms with Gasteiger partial charge in [0.2, 0.25) is 5.91 Å². The molecule has 9 atom stereocenters. The Balaban J connectivity index is 2.61. The molecule has 11 heteroatoms. The molecule has 1 aliphatic heterocycles. The molecule has 1 amide bonds. The van der Waals surface area contributed by atoms with Crippen LogP contribution in [0.5, 0.6) is 0 Å². The number of carbonyl (C=O) groups is 1. The van der Waals surface area contributed by atoms with Crippen LogP contribution in [-0.4, -0.2) is 110 Å². The van der Waals surface area contributed by atoms with Crippen molar-refractivity contribution in [2.24, 2.45) is 0 Å². The van der Waals surface area contributed by atoms with E-state index in [0.717, 1.165) is 32.1 Å². The number of amides is 1. The van der Waals surface area contributed by atoms with Gasteiger partial charge in [0.05, 0.1) is 25.4 Å². The first kappa shape index (κ1) is 37.1. The summed E-state index contributed by atoms with van der Waals surface area (Å²) in [7, 11) is 0. The lowest BCUT2D eigenvalue weighted by molar-refractivity contribution is -0.303. The van der Waals surface area contributed by atoms with E-state index < -0.39 is 74.2 Å². The second kappa shape index (κ2) is 21.8. The molecule has 11 nitrogen and oxygen atoms in total. The first-order chi connectivity index (χ1) is 19.2. The Bertz CT molecular complexity index is 640. The molecule has 40 heavy (non-hydrogen) atoms. The highest BCUT2D eigenvalue weighted by Crippen LogP contribution is 2.23. The van der Waals surface area contributed by atoms with Gasteiger partial charge in [0.25, 0.3) is 0 Å². The predicted octanol–water partition coefficient (Wildman–Crippen LogP) is 1.26. The maximum absolute atomic E-state index is 12.7. The molecule has 0 spiro atoms. The summed E-state index contributed by atoms with van der Waals surface area (Å²) in [6, 6.07) is -1.15. The van der Waals surface area contributed by atoms with E-state index in [0.29, 0.717) is 19.3 Å². The van der Waals surface area contributed by atoms with Crippen LogP contribution in [0.1, 0.15) is 110 Å². The molecule has 1 heterocycles. The number of aliphatic hydroxyl groups excluding tert-OH is 7. The van der Waals surface area contributed by atoms with Crippen LogP contribution in [-0.2, 0) is 14.3 Å². The molecule has 8 N–H and O–H groups in total. The minimum atomic E-state index is -1.65. The lowest BCUT2D eigenvalue weighted by atomic mass is 9.98. The van der Waals surface area contributed by atoms with Crippen molar-refractivity contribution in [1.29, 1.82) is 0 Å². The van der Waals surface area contributed by atoms with Gasteiger partial charge in [-0.1, -0.05) is 97.3 Å². The second-order valence-electron chi connectivity index (χ2n) is 11.2. The number of hydrogen-bond acceptors (Lipinski definition) is 10. The Morgan fingerprint density at radius 3 is 1.88 bits per heavy atom. The lowest BCUT2D eigenvalue weighted by Gasteiger charge is -2.40. The molecule has 0 saturated carbocycles. The van der Waals surface area contributed by atoms with E-state index in [1.165, 1.54) is 38.5 Å². The van der Waals surface area contributed by atoms with E-state index in [4.69, 9.17) is 9.47 Å². The summed E-state index contributed by atoms with van der Waals surface area (Å²) in [6.45, 7) is 3.16. The van der Waals surface area contributed by atoms with Gasteiger partial charge in [0, 0.05) is 0 Å². The van der Waals surface area contributed by atoms with Crippen LogP contribution in [0.3, 0.4) is 0 Å². The summed E-state index contributed by atoms with van der Waals surface area (Å²) in [4.78, 5) is 12.7. The number of hydrogen-bond donors (Lipinski definition) is 8. The zero-order valence-electron chi connectivity index (χ0n) is 24.6. The van der Waals surface area contributed by atoms with Crippen LogP contribution in [0.4, 0.5) is 0 Å². The van der Waals surface area contributed by atoms with E-state index in [9.17, 15) is 40.5 Å². The van der Waals surface area contributed by atoms with Gasteiger partial charge < -0.3 is 50.5 Å². The molecule has 1 fully saturated rings. The van der Waals surface area contributed by atoms with E-state index >= 15 is 0 Å². The number of nitrogens with one attached hydrogen (secondary N) is 1. The summed E-state index contributed by atoms with van der Waals surface area (Å²) >= 11 is 0. The Morgan fingerprint density at radius 1 is 0.775 bits per heavy atom. The third kappa shape index (κ3) is 13.8. The first-order valence-electron chi connectivity index (χ1n) is 15.4. The number of ether oxygens (including phenoxy) is 2. The van der Waals surface area contributed by atoms with Crippen LogP contribution in [0.25, 0.3) is 0 Å². The Hall–Kier alpha value is -0.890. The monoisotopic (exact) mass is 579 g/mol. The molecular weight excluding hydrogens is 522 g/mol. The predicted molar refractivity (Wildman–Crippen MR) is 150 cm³/mol. The fraction of sp³-hybridized carbons (Fsp3) is 0.966. The van der Waals surface area contributed by atoms with Crippen molar-refractivity contribution in [3.8, 4) is 0 Å². The Labute approximate surface area is 239 Å². The van der Waals surface area contributed by atoms with Gasteiger partial charge in [-0.15, -0.1) is 0 Å². The van der Waals surface area contributed by atoms with Gasteiger partial charge >= 0.3 is 0 Å². The third-order valence-electron chi connectivity index (χ3n) is 7.66. The average Bonchev–Trinajstić information content (AvgIpc) is 2.95. The summed E-state index contributed by atoms with van der Waals surface area (Å²) in [5.74, 6) is -0.710. The van der Waals surface area contributed by atoms with Gasteiger partial charge in [-0.25, -0.2) is 0 Å². The molecule has 0 bridgehead atoms. The molecule has 9 unspecified atom stereocenters. The topological polar surface area (TPSA) is 189 Å². The minimum Gasteiger partial charge on any atom is -0.394 e. The van der Waals surface area contributed by atoms with Crippen molar-refractivity contribution in [2.45, 2.75) is 165 Å². The maximum atomic E-state index is 12.7. The van der Waals surface area contributed by atoms with Gasteiger partial charge in [-0.2, -0.15) is 0 Å². The fourth-order valence-corrected chi connectivity index (χ4v) is 4.91. The molecule has 0 aliphatic carbocycles. The average molecular weight is 580 g/mol. The smallest absolute Gasteiger partial charge is 0.249 e. The highest BCUT2D eigenvalue weighted by molar-refractivity contribution is 5.80. The van der Waals surface area contributed by atoms with Crippen molar-refractivity contribution in [3.05, 3.63) is 0 Å². The van der Waals surface area contributed by atoms with Crippen LogP contribution in [0.15, 0.2) is 0 Å². The zero-order valence-corrected chi connectivity index (χ0v) is 24.6. The van der Waals surface area contributed by atoms with Gasteiger partial charge in [0.15, 0.2) is 6.29 Å². The van der Waals surface area contributed by atoms with Crippen molar-refractivity contribution in [3.63, 3.8) is 0 Å². The molecule has 0 aromatic carbocycles. The molecule has 0 radical (unpaired) electrons. The SMILES string of the molecule is CCCCCCCCCCCCC(O)C(=O)NC(COC1OC(CO)C(O)C(O)C1O)C(O)C(O)CCCCC. The van der Waals surface area contributed by atoms with Crippen molar-refractivity contribution < 1.29 is 50.0 Å². The highest BCUT2D eigenvalue weighted by Gasteiger charge is 2.44. The van der Waals surface area contributed by atoms with E-state index in [-0.39, 0.29) is 6.42 Å². The molecule has 238 valence electrons. The van der Waals surface area contributed by atoms with Crippen LogP contribution >= 0.6 is 0 Å². The van der Waals surface area contributed by atoms with E-state index in [1.54, 1.807) is 0 Å². The summed E-state index contributed by atoms with van der Waals surface area (Å²) < 4.78 is 10.9. The normalized spacial score (nSPS) is 26.3. The molecule has 1 aliphatic rings. The number of aliphatic hydroxyl groups is 7. The Morgan fingerprint density at radius 2 is 1.30 bits per heavy atom. The van der Waals surface area contributed by atoms with Gasteiger partial charge in [-0.3, -0.25) is 4.79 Å². The summed E-state index contributed by atoms with van der Waals surface area (Å²) in [6.07, 6.45) is 2.90. The van der Waals surface area contributed by atoms with Crippen molar-refractivity contribution in [1.82, 2.24) is 5.32 Å².